The van der Waals surface area contributed by atoms with Crippen LogP contribution in [0.25, 0.3) is 155 Å². The second kappa shape index (κ2) is 30.4. The van der Waals surface area contributed by atoms with E-state index in [9.17, 15) is 16.4 Å². The number of benzene rings is 19. The van der Waals surface area contributed by atoms with Crippen molar-refractivity contribution >= 4 is 111 Å². The molecule has 0 atom stereocenters. The van der Waals surface area contributed by atoms with Crippen LogP contribution in [0.1, 0.15) is 129 Å². The number of hydrogen-bond donors (Lipinski definition) is 0. The quantitative estimate of drug-likeness (QED) is 0.0597. The molecule has 3 aromatic heterocycles. The third-order valence-electron chi connectivity index (χ3n) is 30.3. The van der Waals surface area contributed by atoms with Crippen molar-refractivity contribution in [3.05, 3.63) is 474 Å². The Morgan fingerprint density at radius 1 is 0.246 bits per heavy atom. The molecular formula is C128H93BN4O. The Morgan fingerprint density at radius 3 is 1.01 bits per heavy atom. The molecule has 0 radical (unpaired) electrons. The van der Waals surface area contributed by atoms with Gasteiger partial charge in [-0.2, -0.15) is 0 Å². The Morgan fingerprint density at radius 2 is 0.590 bits per heavy atom. The normalized spacial score (nSPS) is 15.5. The summed E-state index contributed by atoms with van der Waals surface area (Å²) in [6, 6.07) is 109. The van der Waals surface area contributed by atoms with Gasteiger partial charge in [0.1, 0.15) is 11.2 Å². The summed E-state index contributed by atoms with van der Waals surface area (Å²) in [4.78, 5) is 4.80. The standard InChI is InChI=1S/C128H93BN4O/c1(5-35-82-37-7-9-39-90(82)85-63-68-98-96-45-15-26-56-110(96)127(112(98)76-85)106-52-22-11-41-92(106)93-42-12-23-53-107(93)127)3-33-73-130-120-80-88(132-116-58-28-17-47-100(116)101-48-18-29-59-117(101)132)66-70-114(120)129-115-71-67-89(133-118-60-30-19-49-102(118)103-50-20-31-61-119(103)133)81-121(115)131(123-79-87(78-122(130)126(123)129)84-65-72-125-105(75-84)104-51-21-32-62-124(104)134-125)74-34-4-2-6-36-83-38-8-10-40-91(83)86-64-69-99-97-46-16-27-57-111(97)128(113(99)77-86)108-54-24-13-43-94(108)95-44-14-25-55-109(95)128/h7-32,37-72,75-81H,1-6,33-36,73-74H2/i17D,18D,19D,20D,28D,29D,30D,31D,47D,48D,49D,50D,58D,59D,60D,61D. The molecule has 0 fully saturated rings. The zero-order chi connectivity index (χ0) is 102. The zero-order valence-corrected chi connectivity index (χ0v) is 73.4. The SMILES string of the molecule is [2H]c1c([2H])c([2H])c2c(c1[2H])c1c([2H])c([2H])c([2H])c([2H])c1n2-c1ccc2c(c1)N(CCCCCCc1ccccc1-c1ccc3c(c1)C1(c4ccccc4-c4ccccc41)c1ccccc1-3)c1cc(-c3ccc4oc5ccccc5c4c3)cc3c1B2c1ccc(-n2c4c([2H])c([2H])c([2H])c([2H])c4c4c([2H])c([2H])c([2H])c([2H])c42)cc1N3CCCCCCc1ccccc1-c1ccc2c(c1)C1(c3ccccc3-c3ccccc31)c1ccccc1-2. The van der Waals surface area contributed by atoms with Gasteiger partial charge in [-0.05, 0) is 279 Å². The summed E-state index contributed by atoms with van der Waals surface area (Å²) >= 11 is 0. The third-order valence-corrected chi connectivity index (χ3v) is 30.3. The first-order chi connectivity index (χ1) is 73.1. The summed E-state index contributed by atoms with van der Waals surface area (Å²) in [6.45, 7) is 0.310. The van der Waals surface area contributed by atoms with E-state index < -0.39 is 114 Å². The minimum atomic E-state index is -0.613. The lowest BCUT2D eigenvalue weighted by atomic mass is 9.33. The van der Waals surface area contributed by atoms with Crippen LogP contribution in [0.5, 0.6) is 0 Å². The van der Waals surface area contributed by atoms with Crippen LogP contribution in [-0.2, 0) is 23.7 Å². The summed E-state index contributed by atoms with van der Waals surface area (Å²) in [5, 5.41) is 1.70. The minimum absolute atomic E-state index is 0.0107. The molecule has 19 aromatic carbocycles. The molecule has 2 spiro atoms. The minimum Gasteiger partial charge on any atom is -0.456 e. The highest BCUT2D eigenvalue weighted by molar-refractivity contribution is 7.00. The van der Waals surface area contributed by atoms with Crippen molar-refractivity contribution in [3.8, 4) is 89.3 Å². The smallest absolute Gasteiger partial charge is 0.252 e. The maximum absolute atomic E-state index is 9.85. The van der Waals surface area contributed by atoms with Crippen LogP contribution in [0.3, 0.4) is 0 Å². The van der Waals surface area contributed by atoms with Crippen LogP contribution in [0, 0.1) is 0 Å². The number of para-hydroxylation sites is 5. The maximum atomic E-state index is 9.85. The fourth-order valence-corrected chi connectivity index (χ4v) is 24.8. The number of rotatable bonds is 19. The van der Waals surface area contributed by atoms with Gasteiger partial charge in [-0.1, -0.05) is 353 Å². The van der Waals surface area contributed by atoms with Crippen molar-refractivity contribution in [2.24, 2.45) is 0 Å². The van der Waals surface area contributed by atoms with Crippen molar-refractivity contribution < 1.29 is 26.3 Å². The Hall–Kier alpha value is -15.8. The number of anilines is 4. The van der Waals surface area contributed by atoms with Crippen molar-refractivity contribution in [1.29, 1.82) is 0 Å². The van der Waals surface area contributed by atoms with E-state index in [0.717, 1.165) is 129 Å². The summed E-state index contributed by atoms with van der Waals surface area (Å²) in [5.41, 5.74) is 36.4. The zero-order valence-electron chi connectivity index (χ0n) is 89.4. The average molecular weight is 1730 g/mol. The van der Waals surface area contributed by atoms with Crippen LogP contribution >= 0.6 is 0 Å². The summed E-state index contributed by atoms with van der Waals surface area (Å²) in [6.07, 6.45) is 8.10. The van der Waals surface area contributed by atoms with E-state index in [1.165, 1.54) is 111 Å². The molecule has 6 heteroatoms. The van der Waals surface area contributed by atoms with Gasteiger partial charge in [0.05, 0.1) is 54.8 Å². The second-order valence-electron chi connectivity index (χ2n) is 37.0. The number of aromatic nitrogens is 2. The Balaban J connectivity index is 0.585. The monoisotopic (exact) mass is 1730 g/mol. The summed E-state index contributed by atoms with van der Waals surface area (Å²) in [5.74, 6) is 0. The molecule has 2 aliphatic heterocycles. The van der Waals surface area contributed by atoms with Gasteiger partial charge >= 0.3 is 0 Å². The first-order valence-electron chi connectivity index (χ1n) is 55.1. The van der Waals surface area contributed by atoms with Gasteiger partial charge in [-0.25, -0.2) is 0 Å². The van der Waals surface area contributed by atoms with E-state index in [4.69, 9.17) is 9.90 Å². The van der Waals surface area contributed by atoms with Crippen molar-refractivity contribution in [2.75, 3.05) is 22.9 Å². The molecule has 0 N–H and O–H groups in total. The molecule has 5 nitrogen and oxygen atoms in total. The van der Waals surface area contributed by atoms with E-state index in [1.807, 2.05) is 48.5 Å². The molecule has 5 heterocycles. The summed E-state index contributed by atoms with van der Waals surface area (Å²) < 4.78 is 161. The Kier molecular flexibility index (Phi) is 14.2. The second-order valence-corrected chi connectivity index (χ2v) is 37.0. The molecule has 22 aromatic rings. The van der Waals surface area contributed by atoms with E-state index in [-0.39, 0.29) is 43.6 Å². The highest BCUT2D eigenvalue weighted by Crippen LogP contribution is 2.66. The highest BCUT2D eigenvalue weighted by atomic mass is 16.3. The Labute approximate surface area is 803 Å². The van der Waals surface area contributed by atoms with Crippen LogP contribution in [-0.4, -0.2) is 28.9 Å². The lowest BCUT2D eigenvalue weighted by Gasteiger charge is -2.45. The van der Waals surface area contributed by atoms with Gasteiger partial charge in [0, 0.05) is 79.5 Å². The Bertz CT molecular complexity index is 8950. The number of unbranched alkanes of at least 4 members (excludes halogenated alkanes) is 6. The van der Waals surface area contributed by atoms with Gasteiger partial charge in [-0.15, -0.1) is 0 Å². The van der Waals surface area contributed by atoms with Gasteiger partial charge < -0.3 is 23.4 Å². The fraction of sp³-hybridized carbons (Fsp3) is 0.109. The molecule has 28 rings (SSSR count). The van der Waals surface area contributed by atoms with E-state index in [1.54, 1.807) is 9.13 Å². The van der Waals surface area contributed by atoms with Gasteiger partial charge in [0.25, 0.3) is 6.71 Å². The van der Waals surface area contributed by atoms with Crippen molar-refractivity contribution in [3.63, 3.8) is 0 Å². The molecule has 6 aliphatic rings. The first-order valence-corrected chi connectivity index (χ1v) is 47.1. The number of fused-ring (bicyclic) bond motifs is 33. The summed E-state index contributed by atoms with van der Waals surface area (Å²) in [7, 11) is 0. The first kappa shape index (κ1) is 62.5. The van der Waals surface area contributed by atoms with Gasteiger partial charge in [0.2, 0.25) is 0 Å². The molecule has 4 aliphatic carbocycles. The molecule has 0 unspecified atom stereocenters. The van der Waals surface area contributed by atoms with E-state index in [2.05, 4.69) is 283 Å². The lowest BCUT2D eigenvalue weighted by molar-refractivity contribution is 0.641. The molecule has 0 saturated carbocycles. The van der Waals surface area contributed by atoms with Crippen molar-refractivity contribution in [1.82, 2.24) is 9.13 Å². The van der Waals surface area contributed by atoms with Crippen LogP contribution < -0.4 is 26.2 Å². The molecule has 0 bridgehead atoms. The molecule has 134 heavy (non-hydrogen) atoms. The maximum Gasteiger partial charge on any atom is 0.252 e. The predicted octanol–water partition coefficient (Wildman–Crippen LogP) is 30.5. The number of hydrogen-bond acceptors (Lipinski definition) is 3. The van der Waals surface area contributed by atoms with Crippen LogP contribution in [0.4, 0.5) is 22.7 Å². The molecule has 0 amide bonds. The van der Waals surface area contributed by atoms with Crippen LogP contribution in [0.15, 0.2) is 423 Å². The highest BCUT2D eigenvalue weighted by Gasteiger charge is 2.54. The van der Waals surface area contributed by atoms with Gasteiger partial charge in [-0.3, -0.25) is 0 Å². The number of nitrogens with zero attached hydrogens (tertiary/aromatic N) is 4. The van der Waals surface area contributed by atoms with Crippen LogP contribution in [0.2, 0.25) is 0 Å². The predicted molar refractivity (Wildman–Crippen MR) is 560 cm³/mol. The van der Waals surface area contributed by atoms with E-state index in [0.29, 0.717) is 42.9 Å². The van der Waals surface area contributed by atoms with Gasteiger partial charge in [0.15, 0.2) is 0 Å². The van der Waals surface area contributed by atoms with E-state index >= 15 is 0 Å². The fourth-order valence-electron chi connectivity index (χ4n) is 24.8. The largest absolute Gasteiger partial charge is 0.456 e. The molecule has 634 valence electrons. The topological polar surface area (TPSA) is 29.5 Å². The lowest BCUT2D eigenvalue weighted by Crippen LogP contribution is -2.62. The molecule has 0 saturated heterocycles. The number of furan rings is 1. The van der Waals surface area contributed by atoms with Crippen molar-refractivity contribution in [2.45, 2.75) is 75.0 Å². The third kappa shape index (κ3) is 11.3. The molecular weight excluding hydrogens is 1620 g/mol. The number of aryl methyl sites for hydroxylation is 2. The average Bonchev–Trinajstić information content (AvgIpc) is 1.54.